The number of nitrogens with one attached hydrogen (secondary N) is 1. The van der Waals surface area contributed by atoms with Gasteiger partial charge in [0.1, 0.15) is 5.60 Å². The van der Waals surface area contributed by atoms with Crippen LogP contribution in [0.15, 0.2) is 59.4 Å². The number of fused-ring (bicyclic) bond motifs is 1. The van der Waals surface area contributed by atoms with E-state index in [0.717, 1.165) is 17.2 Å². The molecule has 0 atom stereocenters. The molecular formula is C28H32N2O5. The van der Waals surface area contributed by atoms with Crippen LogP contribution in [0.3, 0.4) is 0 Å². The summed E-state index contributed by atoms with van der Waals surface area (Å²) in [5, 5.41) is 13.1. The fourth-order valence-electron chi connectivity index (χ4n) is 3.92. The van der Waals surface area contributed by atoms with Gasteiger partial charge in [0.2, 0.25) is 0 Å². The second-order valence-corrected chi connectivity index (χ2v) is 9.83. The van der Waals surface area contributed by atoms with Gasteiger partial charge in [0, 0.05) is 29.3 Å². The second-order valence-electron chi connectivity index (χ2n) is 9.83. The van der Waals surface area contributed by atoms with Gasteiger partial charge >= 0.3 is 12.1 Å². The van der Waals surface area contributed by atoms with Crippen LogP contribution in [0, 0.1) is 5.92 Å². The largest absolute Gasteiger partial charge is 0.478 e. The number of benzene rings is 2. The Morgan fingerprint density at radius 1 is 1.09 bits per heavy atom. The van der Waals surface area contributed by atoms with Gasteiger partial charge in [-0.05, 0) is 61.4 Å². The molecule has 35 heavy (non-hydrogen) atoms. The number of carboxylic acid groups (broad SMARTS) is 1. The summed E-state index contributed by atoms with van der Waals surface area (Å²) >= 11 is 0. The minimum absolute atomic E-state index is 0.0895. The van der Waals surface area contributed by atoms with Crippen molar-refractivity contribution in [2.45, 2.75) is 53.3 Å². The Morgan fingerprint density at radius 2 is 1.77 bits per heavy atom. The number of carbonyl (C=O) groups excluding carboxylic acids is 1. The van der Waals surface area contributed by atoms with Gasteiger partial charge in [-0.2, -0.15) is 0 Å². The zero-order chi connectivity index (χ0) is 25.8. The van der Waals surface area contributed by atoms with Gasteiger partial charge < -0.3 is 19.7 Å². The molecule has 0 saturated carbocycles. The van der Waals surface area contributed by atoms with Crippen LogP contribution in [0.1, 0.15) is 45.9 Å². The summed E-state index contributed by atoms with van der Waals surface area (Å²) in [6.45, 7) is 10.00. The van der Waals surface area contributed by atoms with Crippen molar-refractivity contribution in [3.8, 4) is 11.1 Å². The first kappa shape index (κ1) is 25.7. The molecule has 2 aromatic carbocycles. The molecule has 0 fully saturated rings. The Balaban J connectivity index is 2.29. The minimum atomic E-state index is -1.05. The molecule has 0 radical (unpaired) electrons. The van der Waals surface area contributed by atoms with E-state index in [1.165, 1.54) is 6.08 Å². The monoisotopic (exact) mass is 476 g/mol. The fourth-order valence-corrected chi connectivity index (χ4v) is 3.92. The summed E-state index contributed by atoms with van der Waals surface area (Å²) < 4.78 is 7.14. The van der Waals surface area contributed by atoms with Crippen LogP contribution in [0.2, 0.25) is 0 Å². The Hall–Kier alpha value is -3.87. The number of hydrogen-bond acceptors (Lipinski definition) is 4. The van der Waals surface area contributed by atoms with Crippen molar-refractivity contribution >= 4 is 28.9 Å². The lowest BCUT2D eigenvalue weighted by atomic mass is 9.94. The third-order valence-corrected chi connectivity index (χ3v) is 5.23. The first-order valence-electron chi connectivity index (χ1n) is 11.6. The van der Waals surface area contributed by atoms with E-state index in [-0.39, 0.29) is 18.0 Å². The van der Waals surface area contributed by atoms with Crippen molar-refractivity contribution in [1.29, 1.82) is 0 Å². The molecule has 2 N–H and O–H groups in total. The van der Waals surface area contributed by atoms with Crippen LogP contribution in [-0.4, -0.2) is 27.3 Å². The van der Waals surface area contributed by atoms with Gasteiger partial charge in [0.25, 0.3) is 5.56 Å². The minimum Gasteiger partial charge on any atom is -0.478 e. The highest BCUT2D eigenvalue weighted by atomic mass is 16.6. The SMILES string of the molecule is CC(C)Cn1c(CNC(=O)OC(C)(C)C)c(-c2ccccc2)c2cc(/C=C/C(=O)O)ccc2c1=O. The van der Waals surface area contributed by atoms with Gasteiger partial charge in [-0.15, -0.1) is 0 Å². The number of ether oxygens (including phenoxy) is 1. The van der Waals surface area contributed by atoms with Gasteiger partial charge in [-0.3, -0.25) is 4.79 Å². The first-order chi connectivity index (χ1) is 16.5. The summed E-state index contributed by atoms with van der Waals surface area (Å²) in [5.41, 5.74) is 2.19. The molecule has 3 rings (SSSR count). The van der Waals surface area contributed by atoms with Crippen molar-refractivity contribution in [1.82, 2.24) is 9.88 Å². The molecule has 0 aliphatic rings. The summed E-state index contributed by atoms with van der Waals surface area (Å²) in [6.07, 6.45) is 1.99. The van der Waals surface area contributed by atoms with E-state index < -0.39 is 17.7 Å². The zero-order valence-electron chi connectivity index (χ0n) is 20.8. The Labute approximate surface area is 205 Å². The smallest absolute Gasteiger partial charge is 0.407 e. The van der Waals surface area contributed by atoms with E-state index >= 15 is 0 Å². The van der Waals surface area contributed by atoms with E-state index in [1.54, 1.807) is 37.5 Å². The molecule has 1 aromatic heterocycles. The molecular weight excluding hydrogens is 444 g/mol. The number of amides is 1. The summed E-state index contributed by atoms with van der Waals surface area (Å²) in [6, 6.07) is 14.9. The summed E-state index contributed by atoms with van der Waals surface area (Å²) in [4.78, 5) is 37.1. The average molecular weight is 477 g/mol. The summed E-state index contributed by atoms with van der Waals surface area (Å²) in [5.74, 6) is -0.866. The van der Waals surface area contributed by atoms with E-state index in [9.17, 15) is 14.4 Å². The quantitative estimate of drug-likeness (QED) is 0.442. The van der Waals surface area contributed by atoms with Crippen molar-refractivity contribution in [3.05, 3.63) is 76.2 Å². The molecule has 0 saturated heterocycles. The standard InChI is InChI=1S/C28H32N2O5/c1-18(2)17-30-23(16-29-27(34)35-28(3,4)5)25(20-9-7-6-8-10-20)22-15-19(12-14-24(31)32)11-13-21(22)26(30)33/h6-15,18H,16-17H2,1-5H3,(H,29,34)(H,31,32)/b14-12+. The first-order valence-corrected chi connectivity index (χ1v) is 11.6. The zero-order valence-corrected chi connectivity index (χ0v) is 20.8. The lowest BCUT2D eigenvalue weighted by molar-refractivity contribution is -0.131. The predicted octanol–water partition coefficient (Wildman–Crippen LogP) is 5.45. The van der Waals surface area contributed by atoms with Crippen LogP contribution in [0.5, 0.6) is 0 Å². The normalized spacial score (nSPS) is 11.8. The van der Waals surface area contributed by atoms with Gasteiger partial charge in [0.15, 0.2) is 0 Å². The van der Waals surface area contributed by atoms with E-state index in [2.05, 4.69) is 5.32 Å². The van der Waals surface area contributed by atoms with Crippen LogP contribution in [0.25, 0.3) is 28.0 Å². The lowest BCUT2D eigenvalue weighted by Gasteiger charge is -2.23. The van der Waals surface area contributed by atoms with Gasteiger partial charge in [0.05, 0.1) is 6.54 Å². The second kappa shape index (κ2) is 10.6. The van der Waals surface area contributed by atoms with Crippen molar-refractivity contribution < 1.29 is 19.4 Å². The van der Waals surface area contributed by atoms with E-state index in [0.29, 0.717) is 28.6 Å². The molecule has 0 aliphatic heterocycles. The molecule has 0 spiro atoms. The highest BCUT2D eigenvalue weighted by Gasteiger charge is 2.21. The molecule has 3 aromatic rings. The fraction of sp³-hybridized carbons (Fsp3) is 0.321. The average Bonchev–Trinajstić information content (AvgIpc) is 2.77. The van der Waals surface area contributed by atoms with Crippen LogP contribution in [0.4, 0.5) is 4.79 Å². The third kappa shape index (κ3) is 6.59. The Kier molecular flexibility index (Phi) is 7.79. The predicted molar refractivity (Wildman–Crippen MR) is 138 cm³/mol. The molecule has 1 heterocycles. The van der Waals surface area contributed by atoms with Crippen LogP contribution >= 0.6 is 0 Å². The third-order valence-electron chi connectivity index (χ3n) is 5.23. The van der Waals surface area contributed by atoms with Crippen molar-refractivity contribution in [3.63, 3.8) is 0 Å². The van der Waals surface area contributed by atoms with Crippen LogP contribution in [-0.2, 0) is 22.6 Å². The number of carboxylic acids is 1. The molecule has 7 nitrogen and oxygen atoms in total. The topological polar surface area (TPSA) is 97.6 Å². The maximum absolute atomic E-state index is 13.6. The molecule has 7 heteroatoms. The molecule has 0 unspecified atom stereocenters. The highest BCUT2D eigenvalue weighted by molar-refractivity contribution is 5.99. The van der Waals surface area contributed by atoms with Gasteiger partial charge in [-0.25, -0.2) is 9.59 Å². The van der Waals surface area contributed by atoms with Crippen molar-refractivity contribution in [2.75, 3.05) is 0 Å². The van der Waals surface area contributed by atoms with E-state index in [4.69, 9.17) is 9.84 Å². The number of aliphatic carboxylic acids is 1. The summed E-state index contributed by atoms with van der Waals surface area (Å²) in [7, 11) is 0. The number of hydrogen-bond donors (Lipinski definition) is 2. The number of alkyl carbamates (subject to hydrolysis) is 1. The van der Waals surface area contributed by atoms with Crippen molar-refractivity contribution in [2.24, 2.45) is 5.92 Å². The number of aromatic nitrogens is 1. The molecule has 0 bridgehead atoms. The number of rotatable bonds is 7. The lowest BCUT2D eigenvalue weighted by Crippen LogP contribution is -2.35. The number of nitrogens with zero attached hydrogens (tertiary/aromatic N) is 1. The van der Waals surface area contributed by atoms with E-state index in [1.807, 2.05) is 50.2 Å². The Bertz CT molecular complexity index is 1320. The Morgan fingerprint density at radius 3 is 2.37 bits per heavy atom. The molecule has 184 valence electrons. The number of pyridine rings is 1. The maximum atomic E-state index is 13.6. The number of carbonyl (C=O) groups is 2. The van der Waals surface area contributed by atoms with Gasteiger partial charge in [-0.1, -0.05) is 50.2 Å². The highest BCUT2D eigenvalue weighted by Crippen LogP contribution is 2.32. The molecule has 1 amide bonds. The van der Waals surface area contributed by atoms with Crippen LogP contribution < -0.4 is 10.9 Å². The molecule has 0 aliphatic carbocycles. The maximum Gasteiger partial charge on any atom is 0.407 e.